The zero-order chi connectivity index (χ0) is 39.2. The molecule has 2 fully saturated rings. The zero-order valence-electron chi connectivity index (χ0n) is 32.8. The highest BCUT2D eigenvalue weighted by molar-refractivity contribution is 5.83. The van der Waals surface area contributed by atoms with Crippen LogP contribution in [0.1, 0.15) is 112 Å². The summed E-state index contributed by atoms with van der Waals surface area (Å²) in [5.74, 6) is -3.22. The Morgan fingerprint density at radius 2 is 1.75 bits per heavy atom. The smallest absolute Gasteiger partial charge is 0.330 e. The summed E-state index contributed by atoms with van der Waals surface area (Å²) in [5.41, 5.74) is -1.61. The molecule has 3 rings (SSSR count). The lowest BCUT2D eigenvalue weighted by molar-refractivity contribution is -0.327. The molecule has 0 aromatic rings. The molecule has 4 bridgehead atoms. The van der Waals surface area contributed by atoms with Crippen LogP contribution in [-0.4, -0.2) is 115 Å². The van der Waals surface area contributed by atoms with Gasteiger partial charge in [-0.2, -0.15) is 0 Å². The highest BCUT2D eigenvalue weighted by Gasteiger charge is 2.57. The fraction of sp³-hybridized carbons (Fsp3) is 0.800. The summed E-state index contributed by atoms with van der Waals surface area (Å²) in [6.45, 7) is 13.4. The molecule has 0 unspecified atom stereocenters. The van der Waals surface area contributed by atoms with Gasteiger partial charge in [0.15, 0.2) is 12.4 Å². The van der Waals surface area contributed by atoms with Crippen LogP contribution in [0.5, 0.6) is 0 Å². The van der Waals surface area contributed by atoms with E-state index >= 15 is 0 Å². The summed E-state index contributed by atoms with van der Waals surface area (Å²) in [5, 5.41) is 44.0. The fourth-order valence-electron chi connectivity index (χ4n) is 6.89. The number of hydrogen-bond acceptors (Lipinski definition) is 13. The molecule has 4 N–H and O–H groups in total. The first-order valence-corrected chi connectivity index (χ1v) is 19.3. The Balaban J connectivity index is 2.04. The third kappa shape index (κ3) is 13.4. The quantitative estimate of drug-likeness (QED) is 0.0981. The normalized spacial score (nSPS) is 33.4. The Morgan fingerprint density at radius 3 is 2.43 bits per heavy atom. The fourth-order valence-corrected chi connectivity index (χ4v) is 6.89. The van der Waals surface area contributed by atoms with Crippen LogP contribution in [-0.2, 0) is 42.7 Å². The van der Waals surface area contributed by atoms with Crippen LogP contribution in [0.25, 0.3) is 0 Å². The van der Waals surface area contributed by atoms with Crippen molar-refractivity contribution in [3.05, 3.63) is 36.1 Å². The Bertz CT molecular complexity index is 1230. The Morgan fingerprint density at radius 1 is 1.04 bits per heavy atom. The largest absolute Gasteiger partial charge is 0.493 e. The molecule has 13 heteroatoms. The lowest BCUT2D eigenvalue weighted by atomic mass is 9.74. The van der Waals surface area contributed by atoms with E-state index in [1.165, 1.54) is 13.2 Å². The molecule has 3 aliphatic heterocycles. The molecule has 0 aliphatic carbocycles. The first kappa shape index (κ1) is 45.0. The predicted octanol–water partition coefficient (Wildman–Crippen LogP) is 4.78. The number of methoxy groups -OCH3 is 1. The van der Waals surface area contributed by atoms with E-state index in [4.69, 9.17) is 33.2 Å². The number of carbonyl (C=O) groups is 2. The topological polar surface area (TPSA) is 180 Å². The van der Waals surface area contributed by atoms with Gasteiger partial charge < -0.3 is 53.6 Å². The van der Waals surface area contributed by atoms with Crippen LogP contribution in [0.4, 0.5) is 0 Å². The van der Waals surface area contributed by atoms with Gasteiger partial charge in [0, 0.05) is 49.2 Å². The number of esters is 2. The number of hydrogen-bond donors (Lipinski definition) is 4. The molecule has 0 spiro atoms. The van der Waals surface area contributed by atoms with Gasteiger partial charge >= 0.3 is 11.9 Å². The minimum absolute atomic E-state index is 0.0554. The monoisotopic (exact) mass is 754 g/mol. The van der Waals surface area contributed by atoms with E-state index < -0.39 is 72.0 Å². The Kier molecular flexibility index (Phi) is 17.9. The summed E-state index contributed by atoms with van der Waals surface area (Å²) in [4.78, 5) is 26.0. The third-order valence-electron chi connectivity index (χ3n) is 10.4. The van der Waals surface area contributed by atoms with Crippen molar-refractivity contribution in [1.82, 2.24) is 0 Å². The molecular weight excluding hydrogens is 688 g/mol. The second-order valence-corrected chi connectivity index (χ2v) is 15.9. The van der Waals surface area contributed by atoms with E-state index in [-0.39, 0.29) is 62.8 Å². The van der Waals surface area contributed by atoms with Gasteiger partial charge in [0.1, 0.15) is 6.10 Å². The van der Waals surface area contributed by atoms with E-state index in [1.807, 2.05) is 13.8 Å². The van der Waals surface area contributed by atoms with Crippen molar-refractivity contribution in [3.8, 4) is 0 Å². The maximum Gasteiger partial charge on any atom is 0.330 e. The molecule has 3 aliphatic rings. The van der Waals surface area contributed by atoms with Crippen LogP contribution >= 0.6 is 0 Å². The zero-order valence-corrected chi connectivity index (χ0v) is 32.8. The van der Waals surface area contributed by atoms with Crippen LogP contribution < -0.4 is 0 Å². The van der Waals surface area contributed by atoms with E-state index in [1.54, 1.807) is 26.0 Å². The molecule has 304 valence electrons. The first-order chi connectivity index (χ1) is 25.1. The van der Waals surface area contributed by atoms with E-state index in [0.717, 1.165) is 25.7 Å². The van der Waals surface area contributed by atoms with Crippen molar-refractivity contribution < 1.29 is 63.2 Å². The van der Waals surface area contributed by atoms with Crippen molar-refractivity contribution >= 4 is 11.9 Å². The summed E-state index contributed by atoms with van der Waals surface area (Å²) in [6, 6.07) is 0. The predicted molar refractivity (Wildman–Crippen MR) is 196 cm³/mol. The standard InChI is InChI=1S/C40H66O13/c1-8-9-10-11-12-13-34(44)52-37-28(22-35(45)47-7)21-31-23-32(25-41)50-27(2)20-29(43)15-18-48-33(38(3,4)26-42)24-30-16-19-49-36(51-30)14-17-39(5,6)40(37,46)53-31/h14,17,22,29-33,36-37,41-43,46H,2,8-13,15-16,18-21,23-26H2,1,3-7H3/b17-14+,28-22+/t29-,30+,31+,32-,33+,36+,37+,40-/m1/s1. The minimum atomic E-state index is -2.23. The summed E-state index contributed by atoms with van der Waals surface area (Å²) in [6.07, 6.45) is 5.43. The molecule has 53 heavy (non-hydrogen) atoms. The van der Waals surface area contributed by atoms with E-state index in [2.05, 4.69) is 13.5 Å². The van der Waals surface area contributed by atoms with Crippen molar-refractivity contribution in [2.75, 3.05) is 33.5 Å². The maximum absolute atomic E-state index is 13.3. The molecule has 0 aromatic carbocycles. The second-order valence-electron chi connectivity index (χ2n) is 15.9. The molecule has 0 amide bonds. The van der Waals surface area contributed by atoms with Crippen LogP contribution in [0.2, 0.25) is 0 Å². The van der Waals surface area contributed by atoms with E-state index in [9.17, 15) is 30.0 Å². The number of aliphatic hydroxyl groups excluding tert-OH is 3. The van der Waals surface area contributed by atoms with Crippen molar-refractivity contribution in [3.63, 3.8) is 0 Å². The average molecular weight is 755 g/mol. The molecule has 3 heterocycles. The highest BCUT2D eigenvalue weighted by atomic mass is 16.7. The molecule has 8 atom stereocenters. The maximum atomic E-state index is 13.3. The highest BCUT2D eigenvalue weighted by Crippen LogP contribution is 2.47. The Hall–Kier alpha value is -2.36. The third-order valence-corrected chi connectivity index (χ3v) is 10.4. The average Bonchev–Trinajstić information content (AvgIpc) is 3.11. The number of aliphatic hydroxyl groups is 4. The van der Waals surface area contributed by atoms with Crippen LogP contribution in [0, 0.1) is 10.8 Å². The molecular formula is C40H66O13. The van der Waals surface area contributed by atoms with Crippen molar-refractivity contribution in [2.24, 2.45) is 10.8 Å². The first-order valence-electron chi connectivity index (χ1n) is 19.3. The van der Waals surface area contributed by atoms with Gasteiger partial charge in [0.05, 0.1) is 57.1 Å². The second kappa shape index (κ2) is 21.1. The van der Waals surface area contributed by atoms with Crippen LogP contribution in [0.3, 0.4) is 0 Å². The molecule has 0 aromatic heterocycles. The number of ether oxygens (including phenoxy) is 7. The SMILES string of the molecule is C=C1C[C@H](O)CCO[C@H](C(C)(C)CO)C[C@@H]2CCO[C@H](/C=C/C(C)(C)[C@]3(O)O[C@@H](C/C(=C\C(=O)OC)[C@@H]3OC(=O)CCCCCCC)C[C@H](CO)O1)O2. The van der Waals surface area contributed by atoms with Gasteiger partial charge in [-0.05, 0) is 37.3 Å². The number of carbonyl (C=O) groups excluding carboxylic acids is 2. The molecule has 0 saturated carbocycles. The van der Waals surface area contributed by atoms with Crippen molar-refractivity contribution in [1.29, 1.82) is 0 Å². The lowest BCUT2D eigenvalue weighted by Gasteiger charge is -2.51. The molecule has 0 radical (unpaired) electrons. The van der Waals surface area contributed by atoms with Gasteiger partial charge in [0.25, 0.3) is 0 Å². The van der Waals surface area contributed by atoms with Gasteiger partial charge in [-0.15, -0.1) is 0 Å². The summed E-state index contributed by atoms with van der Waals surface area (Å²) in [7, 11) is 1.23. The Labute approximate surface area is 315 Å². The van der Waals surface area contributed by atoms with Gasteiger partial charge in [-0.25, -0.2) is 4.79 Å². The van der Waals surface area contributed by atoms with Crippen molar-refractivity contribution in [2.45, 2.75) is 160 Å². The van der Waals surface area contributed by atoms with Gasteiger partial charge in [0.2, 0.25) is 5.79 Å². The minimum Gasteiger partial charge on any atom is -0.493 e. The number of unbranched alkanes of at least 4 members (excludes halogenated alkanes) is 4. The van der Waals surface area contributed by atoms with Gasteiger partial charge in [-0.1, -0.05) is 73.0 Å². The molecule has 2 saturated heterocycles. The number of fused-ring (bicyclic) bond motifs is 4. The summed E-state index contributed by atoms with van der Waals surface area (Å²) >= 11 is 0. The van der Waals surface area contributed by atoms with Crippen LogP contribution in [0.15, 0.2) is 36.1 Å². The lowest BCUT2D eigenvalue weighted by Crippen LogP contribution is -2.62. The molecule has 13 nitrogen and oxygen atoms in total. The number of rotatable bonds is 11. The van der Waals surface area contributed by atoms with E-state index in [0.29, 0.717) is 25.9 Å². The van der Waals surface area contributed by atoms with Gasteiger partial charge in [-0.3, -0.25) is 4.79 Å². The summed E-state index contributed by atoms with van der Waals surface area (Å²) < 4.78 is 42.0.